The maximum atomic E-state index is 12.5. The van der Waals surface area contributed by atoms with Crippen molar-refractivity contribution in [2.75, 3.05) is 19.5 Å². The number of halogens is 1. The normalized spacial score (nSPS) is 10.5. The number of carbonyl (C=O) groups excluding carboxylic acids is 2. The van der Waals surface area contributed by atoms with Crippen LogP contribution in [0.3, 0.4) is 0 Å². The zero-order chi connectivity index (χ0) is 18.0. The Hall–Kier alpha value is -2.99. The highest BCUT2D eigenvalue weighted by atomic mass is 35.5. The van der Waals surface area contributed by atoms with Gasteiger partial charge in [0.05, 0.1) is 30.5 Å². The molecule has 0 saturated heterocycles. The van der Waals surface area contributed by atoms with Crippen molar-refractivity contribution in [1.29, 1.82) is 0 Å². The molecule has 0 aliphatic rings. The molecular weight excluding hydrogens is 344 g/mol. The van der Waals surface area contributed by atoms with Gasteiger partial charge in [-0.05, 0) is 6.07 Å². The van der Waals surface area contributed by atoms with Gasteiger partial charge in [-0.1, -0.05) is 29.8 Å². The average Bonchev–Trinajstić information content (AvgIpc) is 3.06. The fraction of sp³-hybridized carbons (Fsp3) is 0.111. The second kappa shape index (κ2) is 6.86. The number of aromatic amines is 1. The molecule has 25 heavy (non-hydrogen) atoms. The number of benzene rings is 2. The van der Waals surface area contributed by atoms with E-state index in [-0.39, 0.29) is 0 Å². The summed E-state index contributed by atoms with van der Waals surface area (Å²) >= 11 is 6.04. The largest absolute Gasteiger partial charge is 0.495 e. The van der Waals surface area contributed by atoms with Crippen molar-refractivity contribution in [2.45, 2.75) is 0 Å². The van der Waals surface area contributed by atoms with Crippen molar-refractivity contribution in [3.8, 4) is 11.5 Å². The lowest BCUT2D eigenvalue weighted by molar-refractivity contribution is -0.112. The number of hydrogen-bond acceptors (Lipinski definition) is 4. The fourth-order valence-corrected chi connectivity index (χ4v) is 2.75. The number of Topliss-reactive ketones (excluding diaryl/α,β-unsaturated/α-hetero) is 1. The monoisotopic (exact) mass is 358 g/mol. The predicted octanol–water partition coefficient (Wildman–Crippen LogP) is 3.66. The summed E-state index contributed by atoms with van der Waals surface area (Å²) in [4.78, 5) is 27.9. The van der Waals surface area contributed by atoms with Crippen LogP contribution in [0.1, 0.15) is 10.4 Å². The number of carbonyl (C=O) groups is 2. The van der Waals surface area contributed by atoms with Crippen LogP contribution >= 0.6 is 11.6 Å². The van der Waals surface area contributed by atoms with Crippen LogP contribution < -0.4 is 14.8 Å². The molecule has 0 bridgehead atoms. The van der Waals surface area contributed by atoms with Crippen molar-refractivity contribution >= 4 is 39.9 Å². The lowest BCUT2D eigenvalue weighted by Gasteiger charge is -2.12. The second-order valence-corrected chi connectivity index (χ2v) is 5.63. The van der Waals surface area contributed by atoms with E-state index >= 15 is 0 Å². The van der Waals surface area contributed by atoms with E-state index in [2.05, 4.69) is 10.3 Å². The van der Waals surface area contributed by atoms with Crippen molar-refractivity contribution in [1.82, 2.24) is 4.98 Å². The lowest BCUT2D eigenvalue weighted by Crippen LogP contribution is -2.23. The van der Waals surface area contributed by atoms with Crippen molar-refractivity contribution in [3.05, 3.63) is 53.2 Å². The zero-order valence-corrected chi connectivity index (χ0v) is 14.3. The van der Waals surface area contributed by atoms with Crippen LogP contribution in [0.15, 0.2) is 42.6 Å². The molecule has 0 aliphatic carbocycles. The molecule has 7 heteroatoms. The van der Waals surface area contributed by atoms with Crippen LogP contribution in [0.5, 0.6) is 11.5 Å². The van der Waals surface area contributed by atoms with Crippen LogP contribution in [0.2, 0.25) is 5.02 Å². The molecule has 0 atom stereocenters. The molecule has 128 valence electrons. The molecule has 1 amide bonds. The minimum Gasteiger partial charge on any atom is -0.495 e. The maximum absolute atomic E-state index is 12.5. The molecule has 0 radical (unpaired) electrons. The second-order valence-electron chi connectivity index (χ2n) is 5.22. The van der Waals surface area contributed by atoms with Crippen molar-refractivity contribution in [2.24, 2.45) is 0 Å². The van der Waals surface area contributed by atoms with Crippen molar-refractivity contribution in [3.63, 3.8) is 0 Å². The minimum absolute atomic E-state index is 0.293. The number of ether oxygens (including phenoxy) is 2. The van der Waals surface area contributed by atoms with E-state index in [4.69, 9.17) is 21.1 Å². The van der Waals surface area contributed by atoms with E-state index in [1.54, 1.807) is 12.1 Å². The summed E-state index contributed by atoms with van der Waals surface area (Å²) in [5, 5.41) is 3.57. The standard InChI is InChI=1S/C18H15ClN2O4/c1-24-15-8-14(16(25-2)7-12(15)19)21-18(23)17(22)11-9-20-13-6-4-3-5-10(11)13/h3-9,20H,1-2H3,(H,21,23). The smallest absolute Gasteiger partial charge is 0.296 e. The number of H-pyrrole nitrogens is 1. The Kier molecular flexibility index (Phi) is 4.63. The molecule has 0 spiro atoms. The summed E-state index contributed by atoms with van der Waals surface area (Å²) in [7, 11) is 2.89. The Morgan fingerprint density at radius 1 is 1.08 bits per heavy atom. The van der Waals surface area contributed by atoms with E-state index in [1.165, 1.54) is 32.5 Å². The van der Waals surface area contributed by atoms with E-state index in [0.717, 1.165) is 5.52 Å². The summed E-state index contributed by atoms with van der Waals surface area (Å²) in [6.07, 6.45) is 1.52. The van der Waals surface area contributed by atoms with E-state index < -0.39 is 11.7 Å². The number of amides is 1. The molecule has 0 saturated carbocycles. The third-order valence-electron chi connectivity index (χ3n) is 3.76. The molecule has 0 unspecified atom stereocenters. The number of methoxy groups -OCH3 is 2. The summed E-state index contributed by atoms with van der Waals surface area (Å²) < 4.78 is 10.3. The highest BCUT2D eigenvalue weighted by molar-refractivity contribution is 6.48. The number of anilines is 1. The van der Waals surface area contributed by atoms with Gasteiger partial charge >= 0.3 is 0 Å². The van der Waals surface area contributed by atoms with E-state index in [0.29, 0.717) is 33.2 Å². The quantitative estimate of drug-likeness (QED) is 0.538. The zero-order valence-electron chi connectivity index (χ0n) is 13.6. The minimum atomic E-state index is -0.785. The van der Waals surface area contributed by atoms with Gasteiger partial charge in [0.1, 0.15) is 11.5 Å². The van der Waals surface area contributed by atoms with Gasteiger partial charge < -0.3 is 19.8 Å². The molecule has 6 nitrogen and oxygen atoms in total. The molecule has 2 N–H and O–H groups in total. The maximum Gasteiger partial charge on any atom is 0.296 e. The molecular formula is C18H15ClN2O4. The lowest BCUT2D eigenvalue weighted by atomic mass is 10.1. The summed E-state index contributed by atoms with van der Waals surface area (Å²) in [5.74, 6) is -0.760. The first-order valence-corrected chi connectivity index (χ1v) is 7.76. The van der Waals surface area contributed by atoms with Crippen LogP contribution in [-0.2, 0) is 4.79 Å². The number of nitrogens with one attached hydrogen (secondary N) is 2. The molecule has 0 fully saturated rings. The number of para-hydroxylation sites is 1. The first-order valence-electron chi connectivity index (χ1n) is 7.38. The molecule has 1 heterocycles. The molecule has 3 aromatic rings. The molecule has 1 aromatic heterocycles. The van der Waals surface area contributed by atoms with Gasteiger partial charge in [-0.15, -0.1) is 0 Å². The van der Waals surface area contributed by atoms with Gasteiger partial charge in [0.15, 0.2) is 0 Å². The average molecular weight is 359 g/mol. The van der Waals surface area contributed by atoms with Gasteiger partial charge in [0, 0.05) is 29.2 Å². The number of aromatic nitrogens is 1. The van der Waals surface area contributed by atoms with Crippen LogP contribution in [0.4, 0.5) is 5.69 Å². The van der Waals surface area contributed by atoms with E-state index in [1.807, 2.05) is 12.1 Å². The topological polar surface area (TPSA) is 80.4 Å². The molecule has 0 aliphatic heterocycles. The highest BCUT2D eigenvalue weighted by Crippen LogP contribution is 2.36. The summed E-state index contributed by atoms with van der Waals surface area (Å²) in [5.41, 5.74) is 1.37. The molecule has 3 rings (SSSR count). The van der Waals surface area contributed by atoms with Crippen LogP contribution in [0, 0.1) is 0 Å². The Labute approximate surface area is 148 Å². The van der Waals surface area contributed by atoms with Crippen molar-refractivity contribution < 1.29 is 19.1 Å². The fourth-order valence-electron chi connectivity index (χ4n) is 2.52. The number of rotatable bonds is 5. The predicted molar refractivity (Wildman–Crippen MR) is 95.8 cm³/mol. The SMILES string of the molecule is COc1cc(NC(=O)C(=O)c2c[nH]c3ccccc23)c(OC)cc1Cl. The van der Waals surface area contributed by atoms with E-state index in [9.17, 15) is 9.59 Å². The number of fused-ring (bicyclic) bond motifs is 1. The summed E-state index contributed by atoms with van der Waals surface area (Å²) in [6, 6.07) is 10.3. The van der Waals surface area contributed by atoms with Gasteiger partial charge in [-0.3, -0.25) is 9.59 Å². The summed E-state index contributed by atoms with van der Waals surface area (Å²) in [6.45, 7) is 0. The first kappa shape index (κ1) is 16.9. The number of ketones is 1. The third kappa shape index (κ3) is 3.16. The highest BCUT2D eigenvalue weighted by Gasteiger charge is 2.22. The Morgan fingerprint density at radius 3 is 2.52 bits per heavy atom. The Morgan fingerprint density at radius 2 is 1.80 bits per heavy atom. The Bertz CT molecular complexity index is 965. The number of hydrogen-bond donors (Lipinski definition) is 2. The van der Waals surface area contributed by atoms with Gasteiger partial charge in [0.2, 0.25) is 0 Å². The van der Waals surface area contributed by atoms with Crippen LogP contribution in [-0.4, -0.2) is 30.9 Å². The first-order chi connectivity index (χ1) is 12.0. The van der Waals surface area contributed by atoms with Crippen LogP contribution in [0.25, 0.3) is 10.9 Å². The van der Waals surface area contributed by atoms with Gasteiger partial charge in [0.25, 0.3) is 11.7 Å². The van der Waals surface area contributed by atoms with Gasteiger partial charge in [-0.2, -0.15) is 0 Å². The third-order valence-corrected chi connectivity index (χ3v) is 4.06. The molecule has 2 aromatic carbocycles. The Balaban J connectivity index is 1.90. The van der Waals surface area contributed by atoms with Gasteiger partial charge in [-0.25, -0.2) is 0 Å².